The van der Waals surface area contributed by atoms with Gasteiger partial charge in [-0.15, -0.1) is 0 Å². The number of carbonyl (C=O) groups is 4. The molecule has 1 aliphatic carbocycles. The number of nitrogens with one attached hydrogen (secondary N) is 2. The van der Waals surface area contributed by atoms with E-state index in [4.69, 9.17) is 13.7 Å². The molecule has 2 aliphatic rings. The van der Waals surface area contributed by atoms with E-state index in [0.29, 0.717) is 17.3 Å². The lowest BCUT2D eigenvalue weighted by atomic mass is 9.85. The Morgan fingerprint density at radius 1 is 1.05 bits per heavy atom. The van der Waals surface area contributed by atoms with Crippen LogP contribution in [0, 0.1) is 5.41 Å². The van der Waals surface area contributed by atoms with Crippen molar-refractivity contribution >= 4 is 49.9 Å². The smallest absolute Gasteiger partial charge is 0.408 e. The molecule has 12 nitrogen and oxygen atoms in total. The van der Waals surface area contributed by atoms with Crippen LogP contribution in [0.5, 0.6) is 0 Å². The first-order valence-corrected chi connectivity index (χ1v) is 15.4. The van der Waals surface area contributed by atoms with Gasteiger partial charge in [0.1, 0.15) is 23.2 Å². The Bertz CT molecular complexity index is 1280. The standard InChI is InChI=1S/C27H38BrN3O9S/c1-25(2,3)20(29-24(35)39-26(4,5)6)22(33)31-15-17(40-41(36,37)18-10-8-16(28)9-11-18)14-19(31)21(32)30-27(12-13-27)23(34)38-7/h8-11,17,19-20H,12-15H2,1-7H3,(H,29,35)(H,30,32)/t17-,19+,20-/m1/s1. The van der Waals surface area contributed by atoms with Crippen LogP contribution in [0.25, 0.3) is 0 Å². The molecule has 2 fully saturated rings. The highest BCUT2D eigenvalue weighted by Crippen LogP contribution is 2.37. The predicted molar refractivity (Wildman–Crippen MR) is 151 cm³/mol. The normalized spacial score (nSPS) is 21.0. The molecule has 14 heteroatoms. The van der Waals surface area contributed by atoms with E-state index >= 15 is 0 Å². The van der Waals surface area contributed by atoms with Gasteiger partial charge in [-0.05, 0) is 63.3 Å². The summed E-state index contributed by atoms with van der Waals surface area (Å²) in [4.78, 5) is 53.5. The van der Waals surface area contributed by atoms with Crippen LogP contribution >= 0.6 is 15.9 Å². The van der Waals surface area contributed by atoms with Crippen molar-refractivity contribution in [3.8, 4) is 0 Å². The monoisotopic (exact) mass is 659 g/mol. The van der Waals surface area contributed by atoms with Crippen LogP contribution < -0.4 is 10.6 Å². The summed E-state index contributed by atoms with van der Waals surface area (Å²) in [7, 11) is -3.03. The van der Waals surface area contributed by atoms with Crippen molar-refractivity contribution in [1.29, 1.82) is 0 Å². The highest BCUT2D eigenvalue weighted by atomic mass is 79.9. The first-order chi connectivity index (χ1) is 18.8. The van der Waals surface area contributed by atoms with E-state index in [0.717, 1.165) is 0 Å². The first-order valence-electron chi connectivity index (χ1n) is 13.2. The number of esters is 1. The second-order valence-electron chi connectivity index (χ2n) is 12.4. The van der Waals surface area contributed by atoms with Gasteiger partial charge in [-0.25, -0.2) is 9.59 Å². The molecule has 3 amide bonds. The number of hydrogen-bond donors (Lipinski definition) is 2. The van der Waals surface area contributed by atoms with Crippen LogP contribution in [0.15, 0.2) is 33.6 Å². The topological polar surface area (TPSA) is 157 Å². The fraction of sp³-hybridized carbons (Fsp3) is 0.630. The average Bonchev–Trinajstić information content (AvgIpc) is 3.50. The molecule has 41 heavy (non-hydrogen) atoms. The maximum Gasteiger partial charge on any atom is 0.408 e. The molecule has 3 atom stereocenters. The second kappa shape index (κ2) is 11.9. The number of amides is 3. The molecule has 1 aromatic carbocycles. The van der Waals surface area contributed by atoms with Crippen molar-refractivity contribution in [2.45, 2.75) is 95.0 Å². The zero-order valence-corrected chi connectivity index (χ0v) is 26.7. The molecule has 228 valence electrons. The van der Waals surface area contributed by atoms with Crippen LogP contribution in [-0.4, -0.2) is 80.2 Å². The highest BCUT2D eigenvalue weighted by Gasteiger charge is 2.55. The van der Waals surface area contributed by atoms with Crippen LogP contribution in [0.4, 0.5) is 4.79 Å². The van der Waals surface area contributed by atoms with Crippen molar-refractivity contribution in [3.05, 3.63) is 28.7 Å². The number of alkyl carbamates (subject to hydrolysis) is 1. The van der Waals surface area contributed by atoms with Crippen molar-refractivity contribution in [2.75, 3.05) is 13.7 Å². The number of halogens is 1. The van der Waals surface area contributed by atoms with Crippen molar-refractivity contribution < 1.29 is 41.3 Å². The molecule has 1 aromatic rings. The van der Waals surface area contributed by atoms with Gasteiger partial charge in [0.25, 0.3) is 10.1 Å². The largest absolute Gasteiger partial charge is 0.467 e. The summed E-state index contributed by atoms with van der Waals surface area (Å²) in [6.45, 7) is 10.0. The summed E-state index contributed by atoms with van der Waals surface area (Å²) in [5, 5.41) is 5.30. The van der Waals surface area contributed by atoms with Crippen molar-refractivity contribution in [2.24, 2.45) is 5.41 Å². The molecule has 0 aromatic heterocycles. The maximum absolute atomic E-state index is 14.0. The Morgan fingerprint density at radius 3 is 2.12 bits per heavy atom. The van der Waals surface area contributed by atoms with Crippen LogP contribution in [-0.2, 0) is 38.2 Å². The molecule has 0 spiro atoms. The van der Waals surface area contributed by atoms with E-state index in [1.807, 2.05) is 0 Å². The number of hydrogen-bond acceptors (Lipinski definition) is 9. The van der Waals surface area contributed by atoms with Gasteiger partial charge >= 0.3 is 12.1 Å². The Hall–Kier alpha value is -2.71. The molecule has 1 heterocycles. The summed E-state index contributed by atoms with van der Waals surface area (Å²) < 4.78 is 42.4. The van der Waals surface area contributed by atoms with E-state index in [2.05, 4.69) is 26.6 Å². The zero-order valence-electron chi connectivity index (χ0n) is 24.3. The molecular weight excluding hydrogens is 622 g/mol. The van der Waals surface area contributed by atoms with E-state index in [1.54, 1.807) is 53.7 Å². The van der Waals surface area contributed by atoms with E-state index in [-0.39, 0.29) is 17.9 Å². The minimum Gasteiger partial charge on any atom is -0.467 e. The minimum absolute atomic E-state index is 0.0896. The third-order valence-corrected chi connectivity index (χ3v) is 8.58. The summed E-state index contributed by atoms with van der Waals surface area (Å²) in [6, 6.07) is 3.53. The Balaban J connectivity index is 1.90. The number of ether oxygens (including phenoxy) is 2. The maximum atomic E-state index is 14.0. The third kappa shape index (κ3) is 8.19. The van der Waals surface area contributed by atoms with Crippen LogP contribution in [0.2, 0.25) is 0 Å². The molecule has 1 saturated carbocycles. The molecule has 3 rings (SSSR count). The highest BCUT2D eigenvalue weighted by molar-refractivity contribution is 9.10. The molecule has 1 saturated heterocycles. The lowest BCUT2D eigenvalue weighted by molar-refractivity contribution is -0.148. The zero-order chi connectivity index (χ0) is 31.0. The van der Waals surface area contributed by atoms with Gasteiger partial charge in [-0.1, -0.05) is 36.7 Å². The molecule has 2 N–H and O–H groups in total. The lowest BCUT2D eigenvalue weighted by Crippen LogP contribution is -2.59. The Kier molecular flexibility index (Phi) is 9.51. The number of likely N-dealkylation sites (tertiary alicyclic amines) is 1. The van der Waals surface area contributed by atoms with Gasteiger partial charge in [0, 0.05) is 17.4 Å². The lowest BCUT2D eigenvalue weighted by Gasteiger charge is -2.36. The second-order valence-corrected chi connectivity index (χ2v) is 14.9. The predicted octanol–water partition coefficient (Wildman–Crippen LogP) is 2.89. The van der Waals surface area contributed by atoms with Gasteiger partial charge in [-0.2, -0.15) is 8.42 Å². The Morgan fingerprint density at radius 2 is 1.63 bits per heavy atom. The first kappa shape index (κ1) is 32.8. The molecule has 0 unspecified atom stereocenters. The summed E-state index contributed by atoms with van der Waals surface area (Å²) >= 11 is 3.26. The molecule has 0 radical (unpaired) electrons. The van der Waals surface area contributed by atoms with Gasteiger partial charge < -0.3 is 25.0 Å². The van der Waals surface area contributed by atoms with E-state index < -0.39 is 68.7 Å². The number of benzene rings is 1. The average molecular weight is 661 g/mol. The number of rotatable bonds is 8. The van der Waals surface area contributed by atoms with Gasteiger partial charge in [-0.3, -0.25) is 13.8 Å². The number of carbonyl (C=O) groups excluding carboxylic acids is 4. The van der Waals surface area contributed by atoms with Crippen LogP contribution in [0.3, 0.4) is 0 Å². The van der Waals surface area contributed by atoms with Gasteiger partial charge in [0.2, 0.25) is 11.8 Å². The van der Waals surface area contributed by atoms with Crippen molar-refractivity contribution in [3.63, 3.8) is 0 Å². The number of methoxy groups -OCH3 is 1. The summed E-state index contributed by atoms with van der Waals surface area (Å²) in [5.74, 6) is -1.89. The van der Waals surface area contributed by atoms with Gasteiger partial charge in [0.05, 0.1) is 18.1 Å². The number of nitrogens with zero attached hydrogens (tertiary/aromatic N) is 1. The molecule has 1 aliphatic heterocycles. The fourth-order valence-electron chi connectivity index (χ4n) is 4.45. The van der Waals surface area contributed by atoms with Crippen LogP contribution in [0.1, 0.15) is 60.8 Å². The molecular formula is C27H38BrN3O9S. The summed E-state index contributed by atoms with van der Waals surface area (Å²) in [6.07, 6.45) is -1.31. The molecule has 0 bridgehead atoms. The van der Waals surface area contributed by atoms with Crippen molar-refractivity contribution in [1.82, 2.24) is 15.5 Å². The fourth-order valence-corrected chi connectivity index (χ4v) is 5.80. The van der Waals surface area contributed by atoms with E-state index in [9.17, 15) is 27.6 Å². The SMILES string of the molecule is COC(=O)C1(NC(=O)[C@@H]2C[C@@H](OS(=O)(=O)c3ccc(Br)cc3)CN2C(=O)[C@@H](NC(=O)OC(C)(C)C)C(C)(C)C)CC1. The Labute approximate surface area is 249 Å². The van der Waals surface area contributed by atoms with E-state index in [1.165, 1.54) is 24.1 Å². The van der Waals surface area contributed by atoms with Gasteiger partial charge in [0.15, 0.2) is 0 Å². The quantitative estimate of drug-likeness (QED) is 0.316. The third-order valence-electron chi connectivity index (χ3n) is 6.68. The summed E-state index contributed by atoms with van der Waals surface area (Å²) in [5.41, 5.74) is -2.83. The minimum atomic E-state index is -4.24.